The maximum absolute atomic E-state index is 13.8. The predicted molar refractivity (Wildman–Crippen MR) is 152 cm³/mol. The number of methoxy groups -OCH3 is 1. The van der Waals surface area contributed by atoms with Gasteiger partial charge in [0, 0.05) is 18.4 Å². The fourth-order valence-electron chi connectivity index (χ4n) is 5.60. The van der Waals surface area contributed by atoms with Crippen LogP contribution in [0, 0.1) is 5.92 Å². The highest BCUT2D eigenvalue weighted by Gasteiger charge is 2.50. The van der Waals surface area contributed by atoms with Crippen molar-refractivity contribution in [1.82, 2.24) is 10.2 Å². The fraction of sp³-hybridized carbons (Fsp3) is 0.531. The van der Waals surface area contributed by atoms with Crippen molar-refractivity contribution in [2.75, 3.05) is 26.9 Å². The van der Waals surface area contributed by atoms with Crippen molar-refractivity contribution in [2.24, 2.45) is 5.92 Å². The third-order valence-electron chi connectivity index (χ3n) is 8.32. The van der Waals surface area contributed by atoms with E-state index in [0.29, 0.717) is 25.2 Å². The topological polar surface area (TPSA) is 108 Å². The average molecular weight is 551 g/mol. The molecule has 40 heavy (non-hydrogen) atoms. The van der Waals surface area contributed by atoms with Gasteiger partial charge in [0.1, 0.15) is 17.1 Å². The van der Waals surface area contributed by atoms with Gasteiger partial charge in [-0.25, -0.2) is 0 Å². The lowest BCUT2D eigenvalue weighted by molar-refractivity contribution is -0.135. The standard InChI is InChI=1S/C32H42N2O6/c1-22(34-16-8-7-11-26(34)20-35)29(36)19-25(17-24-12-14-27(39-3)15-13-24)31(38)33-28(30(37)32(2)21-40-32)18-23-9-5-4-6-10-23/h4-6,9-10,12-15,22,25-26,28,35H,7-8,11,16-21H2,1-3H3,(H,33,38). The molecule has 2 fully saturated rings. The summed E-state index contributed by atoms with van der Waals surface area (Å²) in [7, 11) is 1.60. The van der Waals surface area contributed by atoms with Gasteiger partial charge in [0.25, 0.3) is 0 Å². The quantitative estimate of drug-likeness (QED) is 0.348. The van der Waals surface area contributed by atoms with Crippen LogP contribution in [-0.2, 0) is 32.0 Å². The van der Waals surface area contributed by atoms with Crippen molar-refractivity contribution in [3.8, 4) is 5.75 Å². The van der Waals surface area contributed by atoms with Gasteiger partial charge in [-0.3, -0.25) is 19.3 Å². The molecule has 216 valence electrons. The van der Waals surface area contributed by atoms with E-state index < -0.39 is 23.6 Å². The molecular formula is C32H42N2O6. The lowest BCUT2D eigenvalue weighted by Crippen LogP contribution is -2.52. The Morgan fingerprint density at radius 3 is 2.38 bits per heavy atom. The zero-order chi connectivity index (χ0) is 28.7. The zero-order valence-corrected chi connectivity index (χ0v) is 23.8. The van der Waals surface area contributed by atoms with Crippen LogP contribution >= 0.6 is 0 Å². The van der Waals surface area contributed by atoms with Gasteiger partial charge in [-0.2, -0.15) is 0 Å². The molecule has 0 aliphatic carbocycles. The van der Waals surface area contributed by atoms with Gasteiger partial charge >= 0.3 is 0 Å². The lowest BCUT2D eigenvalue weighted by atomic mass is 9.89. The Balaban J connectivity index is 1.54. The number of epoxide rings is 1. The van der Waals surface area contributed by atoms with Crippen molar-refractivity contribution < 1.29 is 29.0 Å². The molecule has 0 saturated carbocycles. The van der Waals surface area contributed by atoms with Crippen molar-refractivity contribution in [2.45, 2.75) is 76.1 Å². The summed E-state index contributed by atoms with van der Waals surface area (Å²) in [5.41, 5.74) is 0.939. The Kier molecular flexibility index (Phi) is 10.1. The highest BCUT2D eigenvalue weighted by molar-refractivity contribution is 5.98. The predicted octanol–water partition coefficient (Wildman–Crippen LogP) is 3.13. The van der Waals surface area contributed by atoms with Gasteiger partial charge in [0.15, 0.2) is 5.78 Å². The highest BCUT2D eigenvalue weighted by Crippen LogP contribution is 2.30. The molecule has 8 nitrogen and oxygen atoms in total. The van der Waals surface area contributed by atoms with E-state index in [1.807, 2.05) is 61.5 Å². The average Bonchev–Trinajstić information content (AvgIpc) is 3.74. The number of benzene rings is 2. The fourth-order valence-corrected chi connectivity index (χ4v) is 5.60. The van der Waals surface area contributed by atoms with Crippen LogP contribution in [-0.4, -0.2) is 78.1 Å². The van der Waals surface area contributed by atoms with Gasteiger partial charge in [0.05, 0.1) is 32.4 Å². The smallest absolute Gasteiger partial charge is 0.224 e. The Labute approximate surface area is 237 Å². The highest BCUT2D eigenvalue weighted by atomic mass is 16.6. The monoisotopic (exact) mass is 550 g/mol. The molecular weight excluding hydrogens is 508 g/mol. The number of hydrogen-bond acceptors (Lipinski definition) is 7. The van der Waals surface area contributed by atoms with Crippen LogP contribution in [0.3, 0.4) is 0 Å². The minimum atomic E-state index is -0.893. The second-order valence-corrected chi connectivity index (χ2v) is 11.3. The summed E-state index contributed by atoms with van der Waals surface area (Å²) in [6.45, 7) is 4.71. The van der Waals surface area contributed by atoms with Crippen LogP contribution in [0.2, 0.25) is 0 Å². The molecule has 0 bridgehead atoms. The second kappa shape index (κ2) is 13.5. The molecule has 4 rings (SSSR count). The summed E-state index contributed by atoms with van der Waals surface area (Å²) in [4.78, 5) is 42.9. The van der Waals surface area contributed by atoms with E-state index >= 15 is 0 Å². The first-order chi connectivity index (χ1) is 19.2. The number of amides is 1. The van der Waals surface area contributed by atoms with E-state index in [2.05, 4.69) is 10.2 Å². The van der Waals surface area contributed by atoms with E-state index in [4.69, 9.17) is 9.47 Å². The van der Waals surface area contributed by atoms with E-state index in [1.54, 1.807) is 14.0 Å². The molecule has 5 unspecified atom stereocenters. The van der Waals surface area contributed by atoms with Crippen molar-refractivity contribution >= 4 is 17.5 Å². The van der Waals surface area contributed by atoms with E-state index in [1.165, 1.54) is 0 Å². The third-order valence-corrected chi connectivity index (χ3v) is 8.32. The van der Waals surface area contributed by atoms with Crippen LogP contribution in [0.4, 0.5) is 0 Å². The second-order valence-electron chi connectivity index (χ2n) is 11.3. The number of hydrogen-bond donors (Lipinski definition) is 2. The number of nitrogens with zero attached hydrogens (tertiary/aromatic N) is 1. The molecule has 2 heterocycles. The van der Waals surface area contributed by atoms with Gasteiger partial charge in [-0.05, 0) is 69.3 Å². The number of aliphatic hydroxyl groups is 1. The number of aliphatic hydroxyl groups excluding tert-OH is 1. The molecule has 0 spiro atoms. The maximum Gasteiger partial charge on any atom is 0.224 e. The number of carbonyl (C=O) groups excluding carboxylic acids is 3. The molecule has 0 aromatic heterocycles. The van der Waals surface area contributed by atoms with E-state index in [-0.39, 0.29) is 36.5 Å². The maximum atomic E-state index is 13.8. The number of Topliss-reactive ketones (excluding diaryl/α,β-unsaturated/α-hetero) is 2. The minimum absolute atomic E-state index is 0.0114. The summed E-state index contributed by atoms with van der Waals surface area (Å²) in [5.74, 6) is -0.489. The minimum Gasteiger partial charge on any atom is -0.497 e. The summed E-state index contributed by atoms with van der Waals surface area (Å²) in [6.07, 6.45) is 3.59. The Bertz CT molecular complexity index is 1150. The molecule has 2 saturated heterocycles. The summed E-state index contributed by atoms with van der Waals surface area (Å²) in [6, 6.07) is 15.8. The molecule has 2 aromatic rings. The van der Waals surface area contributed by atoms with Crippen LogP contribution < -0.4 is 10.1 Å². The summed E-state index contributed by atoms with van der Waals surface area (Å²) >= 11 is 0. The first-order valence-corrected chi connectivity index (χ1v) is 14.3. The molecule has 5 atom stereocenters. The van der Waals surface area contributed by atoms with Gasteiger partial charge in [-0.1, -0.05) is 48.9 Å². The number of ether oxygens (including phenoxy) is 2. The van der Waals surface area contributed by atoms with Crippen LogP contribution in [0.1, 0.15) is 50.7 Å². The van der Waals surface area contributed by atoms with Crippen molar-refractivity contribution in [3.05, 3.63) is 65.7 Å². The first kappa shape index (κ1) is 29.9. The Hall–Kier alpha value is -3.07. The number of likely N-dealkylation sites (tertiary alicyclic amines) is 1. The molecule has 2 aromatic carbocycles. The zero-order valence-electron chi connectivity index (χ0n) is 23.8. The normalized spacial score (nSPS) is 23.1. The number of ketones is 2. The largest absolute Gasteiger partial charge is 0.497 e. The van der Waals surface area contributed by atoms with E-state index in [9.17, 15) is 19.5 Å². The van der Waals surface area contributed by atoms with Gasteiger partial charge in [0.2, 0.25) is 5.91 Å². The molecule has 2 aliphatic heterocycles. The summed E-state index contributed by atoms with van der Waals surface area (Å²) < 4.78 is 10.7. The lowest BCUT2D eigenvalue weighted by Gasteiger charge is -2.38. The third kappa shape index (κ3) is 7.56. The number of piperidine rings is 1. The number of rotatable bonds is 14. The molecule has 0 radical (unpaired) electrons. The van der Waals surface area contributed by atoms with Gasteiger partial charge < -0.3 is 19.9 Å². The number of nitrogens with one attached hydrogen (secondary N) is 1. The Morgan fingerprint density at radius 2 is 1.75 bits per heavy atom. The molecule has 1 amide bonds. The van der Waals surface area contributed by atoms with Crippen LogP contribution in [0.25, 0.3) is 0 Å². The molecule has 2 N–H and O–H groups in total. The first-order valence-electron chi connectivity index (χ1n) is 14.3. The van der Waals surface area contributed by atoms with Crippen LogP contribution in [0.5, 0.6) is 5.75 Å². The summed E-state index contributed by atoms with van der Waals surface area (Å²) in [5, 5.41) is 12.9. The Morgan fingerprint density at radius 1 is 1.07 bits per heavy atom. The van der Waals surface area contributed by atoms with Crippen molar-refractivity contribution in [1.29, 1.82) is 0 Å². The van der Waals surface area contributed by atoms with Crippen LogP contribution in [0.15, 0.2) is 54.6 Å². The molecule has 8 heteroatoms. The SMILES string of the molecule is COc1ccc(CC(CC(=O)C(C)N2CCCCC2CO)C(=O)NC(Cc2ccccc2)C(=O)C2(C)CO2)cc1. The molecule has 2 aliphatic rings. The van der Waals surface area contributed by atoms with Gasteiger partial charge in [-0.15, -0.1) is 0 Å². The van der Waals surface area contributed by atoms with E-state index in [0.717, 1.165) is 36.9 Å². The number of carbonyl (C=O) groups is 3. The van der Waals surface area contributed by atoms with Crippen molar-refractivity contribution in [3.63, 3.8) is 0 Å².